The van der Waals surface area contributed by atoms with E-state index in [2.05, 4.69) is 20.8 Å². The van der Waals surface area contributed by atoms with Gasteiger partial charge in [0.05, 0.1) is 11.0 Å². The first-order valence-corrected chi connectivity index (χ1v) is 8.90. The maximum atomic E-state index is 12.3. The number of hydrogen-bond acceptors (Lipinski definition) is 3. The standard InChI is InChI=1S/C14H29NO2S/c1-12-6-4-7-13(10-12)18(16,17)9-5-8-14(2,3)11-15/h12-13H,4-11,15H2,1-3H3. The summed E-state index contributed by atoms with van der Waals surface area (Å²) in [5, 5.41) is -0.0813. The van der Waals surface area contributed by atoms with Gasteiger partial charge in [-0.1, -0.05) is 33.6 Å². The van der Waals surface area contributed by atoms with Crippen LogP contribution in [0.15, 0.2) is 0 Å². The van der Waals surface area contributed by atoms with Crippen LogP contribution >= 0.6 is 0 Å². The van der Waals surface area contributed by atoms with Crippen molar-refractivity contribution in [2.45, 2.75) is 64.5 Å². The summed E-state index contributed by atoms with van der Waals surface area (Å²) in [5.74, 6) is 0.910. The average Bonchev–Trinajstić information content (AvgIpc) is 2.28. The first-order chi connectivity index (χ1) is 8.27. The third kappa shape index (κ3) is 4.88. The quantitative estimate of drug-likeness (QED) is 0.811. The van der Waals surface area contributed by atoms with Gasteiger partial charge in [0.1, 0.15) is 0 Å². The number of sulfone groups is 1. The fourth-order valence-corrected chi connectivity index (χ4v) is 4.75. The lowest BCUT2D eigenvalue weighted by atomic mass is 9.88. The highest BCUT2D eigenvalue weighted by Crippen LogP contribution is 2.29. The van der Waals surface area contributed by atoms with Gasteiger partial charge < -0.3 is 5.73 Å². The second-order valence-corrected chi connectivity index (χ2v) is 9.13. The molecule has 1 aliphatic rings. The molecule has 0 aromatic carbocycles. The molecule has 3 nitrogen and oxygen atoms in total. The molecule has 0 saturated heterocycles. The van der Waals surface area contributed by atoms with Gasteiger partial charge in [-0.25, -0.2) is 8.42 Å². The second-order valence-electron chi connectivity index (χ2n) is 6.73. The highest BCUT2D eigenvalue weighted by molar-refractivity contribution is 7.92. The molecule has 1 saturated carbocycles. The molecule has 108 valence electrons. The summed E-state index contributed by atoms with van der Waals surface area (Å²) in [6, 6.07) is 0. The van der Waals surface area contributed by atoms with Gasteiger partial charge in [0.2, 0.25) is 0 Å². The van der Waals surface area contributed by atoms with E-state index in [0.29, 0.717) is 18.2 Å². The number of nitrogens with two attached hydrogens (primary N) is 1. The first kappa shape index (κ1) is 16.0. The molecule has 4 heteroatoms. The molecule has 2 atom stereocenters. The third-order valence-electron chi connectivity index (χ3n) is 4.23. The van der Waals surface area contributed by atoms with E-state index in [1.54, 1.807) is 0 Å². The Balaban J connectivity index is 2.45. The zero-order valence-corrected chi connectivity index (χ0v) is 12.9. The minimum Gasteiger partial charge on any atom is -0.330 e. The summed E-state index contributed by atoms with van der Waals surface area (Å²) in [7, 11) is -2.89. The van der Waals surface area contributed by atoms with Crippen LogP contribution in [0.25, 0.3) is 0 Å². The van der Waals surface area contributed by atoms with Crippen molar-refractivity contribution >= 4 is 9.84 Å². The van der Waals surface area contributed by atoms with E-state index in [1.165, 1.54) is 6.42 Å². The molecule has 0 heterocycles. The molecule has 1 fully saturated rings. The topological polar surface area (TPSA) is 60.2 Å². The Morgan fingerprint density at radius 2 is 1.94 bits per heavy atom. The van der Waals surface area contributed by atoms with Gasteiger partial charge in [-0.15, -0.1) is 0 Å². The summed E-state index contributed by atoms with van der Waals surface area (Å²) in [6.07, 6.45) is 5.63. The van der Waals surface area contributed by atoms with E-state index in [1.807, 2.05) is 0 Å². The lowest BCUT2D eigenvalue weighted by Gasteiger charge is -2.27. The molecule has 2 N–H and O–H groups in total. The summed E-state index contributed by atoms with van der Waals surface area (Å²) in [6.45, 7) is 6.98. The molecule has 0 spiro atoms. The van der Waals surface area contributed by atoms with Crippen molar-refractivity contribution in [1.82, 2.24) is 0 Å². The van der Waals surface area contributed by atoms with Crippen LogP contribution in [0.1, 0.15) is 59.3 Å². The van der Waals surface area contributed by atoms with Gasteiger partial charge in [0.15, 0.2) is 9.84 Å². The van der Waals surface area contributed by atoms with Crippen LogP contribution in [0.2, 0.25) is 0 Å². The molecule has 0 aromatic heterocycles. The molecule has 1 rings (SSSR count). The highest BCUT2D eigenvalue weighted by atomic mass is 32.2. The van der Waals surface area contributed by atoms with Gasteiger partial charge in [-0.05, 0) is 43.6 Å². The predicted octanol–water partition coefficient (Wildman–Crippen LogP) is 2.75. The Morgan fingerprint density at radius 3 is 2.50 bits per heavy atom. The van der Waals surface area contributed by atoms with Crippen molar-refractivity contribution in [3.05, 3.63) is 0 Å². The summed E-state index contributed by atoms with van der Waals surface area (Å²) < 4.78 is 24.5. The number of hydrogen-bond donors (Lipinski definition) is 1. The Bertz CT molecular complexity index is 349. The summed E-state index contributed by atoms with van der Waals surface area (Å²) in [5.41, 5.74) is 5.73. The lowest BCUT2D eigenvalue weighted by molar-refractivity contribution is 0.342. The predicted molar refractivity (Wildman–Crippen MR) is 77.3 cm³/mol. The van der Waals surface area contributed by atoms with E-state index < -0.39 is 9.84 Å². The zero-order chi connectivity index (χ0) is 13.8. The Morgan fingerprint density at radius 1 is 1.28 bits per heavy atom. The van der Waals surface area contributed by atoms with Crippen molar-refractivity contribution in [2.75, 3.05) is 12.3 Å². The van der Waals surface area contributed by atoms with Crippen LogP contribution in [-0.2, 0) is 9.84 Å². The molecular weight excluding hydrogens is 246 g/mol. The van der Waals surface area contributed by atoms with Crippen LogP contribution in [-0.4, -0.2) is 26.0 Å². The number of rotatable bonds is 6. The normalized spacial score (nSPS) is 26.2. The van der Waals surface area contributed by atoms with Gasteiger partial charge in [-0.2, -0.15) is 0 Å². The maximum Gasteiger partial charge on any atom is 0.153 e. The molecule has 1 aliphatic carbocycles. The van der Waals surface area contributed by atoms with Crippen LogP contribution in [0.4, 0.5) is 0 Å². The van der Waals surface area contributed by atoms with Crippen LogP contribution in [0.3, 0.4) is 0 Å². The Kier molecular flexibility index (Phi) is 5.66. The van der Waals surface area contributed by atoms with E-state index in [9.17, 15) is 8.42 Å². The van der Waals surface area contributed by atoms with Crippen LogP contribution in [0, 0.1) is 11.3 Å². The molecular formula is C14H29NO2S. The summed E-state index contributed by atoms with van der Waals surface area (Å²) in [4.78, 5) is 0. The molecule has 18 heavy (non-hydrogen) atoms. The van der Waals surface area contributed by atoms with Crippen LogP contribution < -0.4 is 5.73 Å². The Hall–Kier alpha value is -0.0900. The zero-order valence-electron chi connectivity index (χ0n) is 12.1. The van der Waals surface area contributed by atoms with E-state index in [0.717, 1.165) is 32.1 Å². The fraction of sp³-hybridized carbons (Fsp3) is 1.00. The fourth-order valence-electron chi connectivity index (χ4n) is 2.73. The minimum absolute atomic E-state index is 0.0649. The van der Waals surface area contributed by atoms with Gasteiger partial charge in [-0.3, -0.25) is 0 Å². The van der Waals surface area contributed by atoms with Crippen molar-refractivity contribution in [3.8, 4) is 0 Å². The largest absolute Gasteiger partial charge is 0.330 e. The second kappa shape index (κ2) is 6.38. The van der Waals surface area contributed by atoms with Crippen molar-refractivity contribution in [3.63, 3.8) is 0 Å². The Labute approximate surface area is 112 Å². The maximum absolute atomic E-state index is 12.3. The van der Waals surface area contributed by atoms with Gasteiger partial charge >= 0.3 is 0 Å². The highest BCUT2D eigenvalue weighted by Gasteiger charge is 2.30. The van der Waals surface area contributed by atoms with Gasteiger partial charge in [0, 0.05) is 0 Å². The van der Waals surface area contributed by atoms with Crippen molar-refractivity contribution in [1.29, 1.82) is 0 Å². The molecule has 0 aromatic rings. The monoisotopic (exact) mass is 275 g/mol. The van der Waals surface area contributed by atoms with Gasteiger partial charge in [0.25, 0.3) is 0 Å². The molecule has 0 bridgehead atoms. The molecule has 0 amide bonds. The minimum atomic E-state index is -2.89. The smallest absolute Gasteiger partial charge is 0.153 e. The van der Waals surface area contributed by atoms with E-state index in [-0.39, 0.29) is 10.7 Å². The van der Waals surface area contributed by atoms with E-state index >= 15 is 0 Å². The third-order valence-corrected chi connectivity index (χ3v) is 6.53. The average molecular weight is 275 g/mol. The molecule has 2 unspecified atom stereocenters. The van der Waals surface area contributed by atoms with Crippen LogP contribution in [0.5, 0.6) is 0 Å². The van der Waals surface area contributed by atoms with Crippen molar-refractivity contribution in [2.24, 2.45) is 17.1 Å². The molecule has 0 radical (unpaired) electrons. The SMILES string of the molecule is CC1CCCC(S(=O)(=O)CCCC(C)(C)CN)C1. The lowest BCUT2D eigenvalue weighted by Crippen LogP contribution is -2.30. The first-order valence-electron chi connectivity index (χ1n) is 7.18. The van der Waals surface area contributed by atoms with Crippen molar-refractivity contribution < 1.29 is 8.42 Å². The molecule has 0 aliphatic heterocycles. The summed E-state index contributed by atoms with van der Waals surface area (Å²) >= 11 is 0. The van der Waals surface area contributed by atoms with E-state index in [4.69, 9.17) is 5.73 Å².